The van der Waals surface area contributed by atoms with Gasteiger partial charge in [-0.3, -0.25) is 0 Å². The highest BCUT2D eigenvalue weighted by molar-refractivity contribution is 5.58. The van der Waals surface area contributed by atoms with Crippen molar-refractivity contribution in [2.75, 3.05) is 6.61 Å². The Morgan fingerprint density at radius 2 is 2.05 bits per heavy atom. The molecule has 0 spiro atoms. The van der Waals surface area contributed by atoms with Gasteiger partial charge in [0.25, 0.3) is 5.89 Å². The first-order chi connectivity index (χ1) is 9.99. The normalized spacial score (nSPS) is 11.3. The molecule has 0 radical (unpaired) electrons. The van der Waals surface area contributed by atoms with E-state index in [1.807, 2.05) is 6.07 Å². The van der Waals surface area contributed by atoms with Crippen molar-refractivity contribution in [3.8, 4) is 17.5 Å². The Kier molecular flexibility index (Phi) is 4.55. The van der Waals surface area contributed by atoms with Crippen molar-refractivity contribution in [3.05, 3.63) is 35.7 Å². The van der Waals surface area contributed by atoms with Crippen LogP contribution in [0.2, 0.25) is 0 Å². The summed E-state index contributed by atoms with van der Waals surface area (Å²) in [6, 6.07) is 8.95. The fourth-order valence-electron chi connectivity index (χ4n) is 1.65. The minimum atomic E-state index is -4.40. The van der Waals surface area contributed by atoms with E-state index in [2.05, 4.69) is 14.9 Å². The third-order valence-electron chi connectivity index (χ3n) is 2.48. The second-order valence-electron chi connectivity index (χ2n) is 4.12. The van der Waals surface area contributed by atoms with Gasteiger partial charge in [-0.1, -0.05) is 23.4 Å². The van der Waals surface area contributed by atoms with Crippen LogP contribution in [-0.2, 0) is 17.8 Å². The highest BCUT2D eigenvalue weighted by Gasteiger charge is 2.27. The second kappa shape index (κ2) is 6.37. The molecule has 1 aromatic carbocycles. The maximum Gasteiger partial charge on any atom is 0.411 e. The van der Waals surface area contributed by atoms with E-state index in [1.54, 1.807) is 24.3 Å². The zero-order valence-corrected chi connectivity index (χ0v) is 10.7. The van der Waals surface area contributed by atoms with Crippen LogP contribution < -0.4 is 0 Å². The quantitative estimate of drug-likeness (QED) is 0.848. The van der Waals surface area contributed by atoms with Crippen LogP contribution in [-0.4, -0.2) is 22.9 Å². The van der Waals surface area contributed by atoms with E-state index >= 15 is 0 Å². The molecular formula is C13H10F3N3O2. The summed E-state index contributed by atoms with van der Waals surface area (Å²) in [5.41, 5.74) is 1.28. The number of aromatic nitrogens is 2. The number of halogens is 3. The predicted molar refractivity (Wildman–Crippen MR) is 64.8 cm³/mol. The molecule has 0 aliphatic heterocycles. The lowest BCUT2D eigenvalue weighted by Crippen LogP contribution is -2.16. The molecule has 0 N–H and O–H groups in total. The number of hydrogen-bond acceptors (Lipinski definition) is 5. The Hall–Kier alpha value is -2.40. The van der Waals surface area contributed by atoms with Gasteiger partial charge in [0.1, 0.15) is 13.2 Å². The summed E-state index contributed by atoms with van der Waals surface area (Å²) in [6.07, 6.45) is -4.23. The lowest BCUT2D eigenvalue weighted by atomic mass is 10.1. The van der Waals surface area contributed by atoms with Gasteiger partial charge in [0, 0.05) is 5.56 Å². The predicted octanol–water partition coefficient (Wildman–Crippen LogP) is 2.88. The average Bonchev–Trinajstić information content (AvgIpc) is 2.87. The summed E-state index contributed by atoms with van der Waals surface area (Å²) in [4.78, 5) is 3.96. The first kappa shape index (κ1) is 15.0. The van der Waals surface area contributed by atoms with E-state index in [-0.39, 0.29) is 18.1 Å². The van der Waals surface area contributed by atoms with Gasteiger partial charge in [-0.15, -0.1) is 0 Å². The van der Waals surface area contributed by atoms with Crippen molar-refractivity contribution >= 4 is 0 Å². The number of ether oxygens (including phenoxy) is 1. The van der Waals surface area contributed by atoms with Crippen molar-refractivity contribution in [2.24, 2.45) is 0 Å². The van der Waals surface area contributed by atoms with Gasteiger partial charge in [-0.2, -0.15) is 23.4 Å². The summed E-state index contributed by atoms with van der Waals surface area (Å²) >= 11 is 0. The third-order valence-corrected chi connectivity index (χ3v) is 2.48. The van der Waals surface area contributed by atoms with E-state index in [1.165, 1.54) is 0 Å². The summed E-state index contributed by atoms with van der Waals surface area (Å²) in [5, 5.41) is 12.3. The van der Waals surface area contributed by atoms with Crippen LogP contribution in [0.3, 0.4) is 0 Å². The largest absolute Gasteiger partial charge is 0.411 e. The smallest absolute Gasteiger partial charge is 0.364 e. The molecule has 110 valence electrons. The Bertz CT molecular complexity index is 647. The van der Waals surface area contributed by atoms with Crippen LogP contribution in [0.4, 0.5) is 13.2 Å². The Morgan fingerprint density at radius 3 is 2.76 bits per heavy atom. The van der Waals surface area contributed by atoms with Gasteiger partial charge in [0.15, 0.2) is 5.82 Å². The van der Waals surface area contributed by atoms with E-state index in [0.717, 1.165) is 0 Å². The number of benzene rings is 1. The first-order valence-corrected chi connectivity index (χ1v) is 5.92. The Labute approximate surface area is 118 Å². The van der Waals surface area contributed by atoms with Gasteiger partial charge >= 0.3 is 6.18 Å². The van der Waals surface area contributed by atoms with E-state index in [0.29, 0.717) is 11.1 Å². The molecule has 0 fully saturated rings. The molecule has 0 saturated carbocycles. The molecule has 0 saturated heterocycles. The minimum absolute atomic E-state index is 0.0148. The lowest BCUT2D eigenvalue weighted by molar-refractivity contribution is -0.177. The Morgan fingerprint density at radius 1 is 1.29 bits per heavy atom. The number of rotatable bonds is 5. The summed E-state index contributed by atoms with van der Waals surface area (Å²) < 4.78 is 45.3. The zero-order chi connectivity index (χ0) is 15.3. The molecular weight excluding hydrogens is 287 g/mol. The molecule has 0 aliphatic rings. The number of hydrogen-bond donors (Lipinski definition) is 0. The summed E-state index contributed by atoms with van der Waals surface area (Å²) in [5.74, 6) is 0.160. The van der Waals surface area contributed by atoms with Crippen LogP contribution in [0.5, 0.6) is 0 Å². The third kappa shape index (κ3) is 4.29. The van der Waals surface area contributed by atoms with Gasteiger partial charge in [-0.25, -0.2) is 0 Å². The SMILES string of the molecule is N#CCc1ccccc1-c1nc(COCC(F)(F)F)no1. The topological polar surface area (TPSA) is 71.9 Å². The monoisotopic (exact) mass is 297 g/mol. The summed E-state index contributed by atoms with van der Waals surface area (Å²) in [7, 11) is 0. The fraction of sp³-hybridized carbons (Fsp3) is 0.308. The molecule has 0 atom stereocenters. The van der Waals surface area contributed by atoms with Crippen molar-refractivity contribution in [3.63, 3.8) is 0 Å². The Balaban J connectivity index is 2.08. The molecule has 0 aliphatic carbocycles. The van der Waals surface area contributed by atoms with E-state index in [4.69, 9.17) is 9.78 Å². The molecule has 1 aromatic heterocycles. The van der Waals surface area contributed by atoms with Crippen LogP contribution in [0.1, 0.15) is 11.4 Å². The van der Waals surface area contributed by atoms with Crippen molar-refractivity contribution < 1.29 is 22.4 Å². The number of nitrogens with zero attached hydrogens (tertiary/aromatic N) is 3. The molecule has 0 bridgehead atoms. The highest BCUT2D eigenvalue weighted by Crippen LogP contribution is 2.22. The maximum atomic E-state index is 11.9. The maximum absolute atomic E-state index is 11.9. The van der Waals surface area contributed by atoms with E-state index < -0.39 is 19.4 Å². The van der Waals surface area contributed by atoms with Crippen molar-refractivity contribution in [2.45, 2.75) is 19.2 Å². The van der Waals surface area contributed by atoms with Gasteiger partial charge < -0.3 is 9.26 Å². The first-order valence-electron chi connectivity index (χ1n) is 5.92. The van der Waals surface area contributed by atoms with Gasteiger partial charge in [0.2, 0.25) is 0 Å². The number of nitriles is 1. The van der Waals surface area contributed by atoms with Crippen LogP contribution >= 0.6 is 0 Å². The van der Waals surface area contributed by atoms with Gasteiger partial charge in [0.05, 0.1) is 12.5 Å². The average molecular weight is 297 g/mol. The minimum Gasteiger partial charge on any atom is -0.364 e. The van der Waals surface area contributed by atoms with Crippen molar-refractivity contribution in [1.82, 2.24) is 10.1 Å². The molecule has 2 aromatic rings. The zero-order valence-electron chi connectivity index (χ0n) is 10.7. The molecule has 8 heteroatoms. The van der Waals surface area contributed by atoms with Crippen LogP contribution in [0, 0.1) is 11.3 Å². The van der Waals surface area contributed by atoms with Crippen LogP contribution in [0.15, 0.2) is 28.8 Å². The molecule has 0 amide bonds. The van der Waals surface area contributed by atoms with Crippen molar-refractivity contribution in [1.29, 1.82) is 5.26 Å². The molecule has 21 heavy (non-hydrogen) atoms. The van der Waals surface area contributed by atoms with E-state index in [9.17, 15) is 13.2 Å². The van der Waals surface area contributed by atoms with Gasteiger partial charge in [-0.05, 0) is 11.6 Å². The lowest BCUT2D eigenvalue weighted by Gasteiger charge is -2.04. The number of alkyl halides is 3. The highest BCUT2D eigenvalue weighted by atomic mass is 19.4. The molecule has 2 rings (SSSR count). The molecule has 1 heterocycles. The molecule has 0 unspecified atom stereocenters. The molecule has 5 nitrogen and oxygen atoms in total. The summed E-state index contributed by atoms with van der Waals surface area (Å²) in [6.45, 7) is -1.77. The second-order valence-corrected chi connectivity index (χ2v) is 4.12. The van der Waals surface area contributed by atoms with Crippen LogP contribution in [0.25, 0.3) is 11.5 Å². The standard InChI is InChI=1S/C13H10F3N3O2/c14-13(15,16)8-20-7-11-18-12(21-19-11)10-4-2-1-3-9(10)5-6-17/h1-4H,5,7-8H2. The fourth-order valence-corrected chi connectivity index (χ4v) is 1.65.